The summed E-state index contributed by atoms with van der Waals surface area (Å²) in [6, 6.07) is 25.1. The Morgan fingerprint density at radius 2 is 1.75 bits per heavy atom. The van der Waals surface area contributed by atoms with Crippen molar-refractivity contribution in [3.63, 3.8) is 0 Å². The smallest absolute Gasteiger partial charge is 0.274 e. The summed E-state index contributed by atoms with van der Waals surface area (Å²) < 4.78 is 0. The van der Waals surface area contributed by atoms with E-state index >= 15 is 0 Å². The van der Waals surface area contributed by atoms with E-state index in [1.54, 1.807) is 12.3 Å². The van der Waals surface area contributed by atoms with Crippen molar-refractivity contribution < 1.29 is 4.79 Å². The van der Waals surface area contributed by atoms with Crippen molar-refractivity contribution in [2.24, 2.45) is 0 Å². The molecule has 1 amide bonds. The molecule has 0 atom stereocenters. The van der Waals surface area contributed by atoms with Gasteiger partial charge in [-0.1, -0.05) is 53.8 Å². The Morgan fingerprint density at radius 3 is 2.56 bits per heavy atom. The van der Waals surface area contributed by atoms with Gasteiger partial charge < -0.3 is 15.5 Å². The maximum Gasteiger partial charge on any atom is 0.274 e. The molecule has 0 aliphatic rings. The standard InChI is InChI=1S/C28H26N6OS/c1-34(2)16-15-29-20-17-24(19-9-4-3-5-10-19)31-25(18-20)26(35)32-22-12-7-6-11-21(22)27-33-23-13-8-14-30-28(23)36-27/h3-14,17-18H,15-16H2,1-2H3,(H,29,31)(H,32,35). The van der Waals surface area contributed by atoms with E-state index in [-0.39, 0.29) is 5.91 Å². The van der Waals surface area contributed by atoms with E-state index in [2.05, 4.69) is 20.5 Å². The number of nitrogens with one attached hydrogen (secondary N) is 2. The molecule has 2 N–H and O–H groups in total. The second kappa shape index (κ2) is 10.6. The number of hydrogen-bond donors (Lipinski definition) is 2. The van der Waals surface area contributed by atoms with Crippen LogP contribution in [0.15, 0.2) is 85.1 Å². The summed E-state index contributed by atoms with van der Waals surface area (Å²) in [7, 11) is 4.06. The number of hydrogen-bond acceptors (Lipinski definition) is 7. The Morgan fingerprint density at radius 1 is 0.944 bits per heavy atom. The van der Waals surface area contributed by atoms with Crippen LogP contribution in [0, 0.1) is 0 Å². The highest BCUT2D eigenvalue weighted by Gasteiger charge is 2.16. The number of pyridine rings is 2. The van der Waals surface area contributed by atoms with Gasteiger partial charge in [0, 0.05) is 36.1 Å². The number of para-hydroxylation sites is 1. The first-order valence-electron chi connectivity index (χ1n) is 11.7. The maximum atomic E-state index is 13.4. The Balaban J connectivity index is 1.46. The van der Waals surface area contributed by atoms with Gasteiger partial charge in [0.15, 0.2) is 0 Å². The van der Waals surface area contributed by atoms with E-state index in [9.17, 15) is 4.79 Å². The number of fused-ring (bicyclic) bond motifs is 1. The van der Waals surface area contributed by atoms with E-state index in [0.717, 1.165) is 51.0 Å². The summed E-state index contributed by atoms with van der Waals surface area (Å²) in [6.45, 7) is 1.62. The molecule has 8 heteroatoms. The first-order chi connectivity index (χ1) is 17.6. The fourth-order valence-electron chi connectivity index (χ4n) is 3.78. The van der Waals surface area contributed by atoms with Gasteiger partial charge >= 0.3 is 0 Å². The monoisotopic (exact) mass is 494 g/mol. The Bertz CT molecular complexity index is 1470. The highest BCUT2D eigenvalue weighted by Crippen LogP contribution is 2.34. The molecule has 0 radical (unpaired) electrons. The van der Waals surface area contributed by atoms with Gasteiger partial charge in [0.1, 0.15) is 21.0 Å². The fourth-order valence-corrected chi connectivity index (χ4v) is 4.73. The van der Waals surface area contributed by atoms with Crippen LogP contribution in [0.1, 0.15) is 10.5 Å². The van der Waals surface area contributed by atoms with Crippen LogP contribution < -0.4 is 10.6 Å². The minimum absolute atomic E-state index is 0.282. The van der Waals surface area contributed by atoms with Gasteiger partial charge in [0.2, 0.25) is 0 Å². The van der Waals surface area contributed by atoms with E-state index < -0.39 is 0 Å². The maximum absolute atomic E-state index is 13.4. The number of rotatable bonds is 8. The number of anilines is 2. The Kier molecular flexibility index (Phi) is 6.97. The number of thiazole rings is 1. The van der Waals surface area contributed by atoms with Crippen molar-refractivity contribution in [3.05, 3.63) is 90.8 Å². The predicted molar refractivity (Wildman–Crippen MR) is 148 cm³/mol. The molecule has 3 aromatic heterocycles. The summed E-state index contributed by atoms with van der Waals surface area (Å²) in [6.07, 6.45) is 1.76. The molecule has 0 aliphatic heterocycles. The second-order valence-electron chi connectivity index (χ2n) is 8.57. The first-order valence-corrected chi connectivity index (χ1v) is 12.5. The molecule has 2 aromatic carbocycles. The number of carbonyl (C=O) groups excluding carboxylic acids is 1. The van der Waals surface area contributed by atoms with Crippen LogP contribution in [-0.4, -0.2) is 52.9 Å². The molecule has 0 saturated heterocycles. The number of nitrogens with zero attached hydrogens (tertiary/aromatic N) is 4. The van der Waals surface area contributed by atoms with Gasteiger partial charge in [-0.2, -0.15) is 0 Å². The van der Waals surface area contributed by atoms with Crippen molar-refractivity contribution in [1.29, 1.82) is 0 Å². The number of carbonyl (C=O) groups is 1. The normalized spacial score (nSPS) is 11.1. The first kappa shape index (κ1) is 23.6. The van der Waals surface area contributed by atoms with Gasteiger partial charge in [-0.3, -0.25) is 4.79 Å². The molecule has 5 aromatic rings. The highest BCUT2D eigenvalue weighted by atomic mass is 32.1. The average molecular weight is 495 g/mol. The zero-order chi connectivity index (χ0) is 24.9. The van der Waals surface area contributed by atoms with E-state index in [1.165, 1.54) is 11.3 Å². The largest absolute Gasteiger partial charge is 0.384 e. The zero-order valence-electron chi connectivity index (χ0n) is 20.1. The average Bonchev–Trinajstić information content (AvgIpc) is 3.33. The van der Waals surface area contributed by atoms with Crippen molar-refractivity contribution in [2.45, 2.75) is 0 Å². The summed E-state index contributed by atoms with van der Waals surface area (Å²) in [5.74, 6) is -0.282. The lowest BCUT2D eigenvalue weighted by atomic mass is 10.1. The predicted octanol–water partition coefficient (Wildman–Crippen LogP) is 5.65. The molecule has 0 bridgehead atoms. The molecule has 36 heavy (non-hydrogen) atoms. The minimum Gasteiger partial charge on any atom is -0.384 e. The Hall–Kier alpha value is -4.14. The zero-order valence-corrected chi connectivity index (χ0v) is 20.9. The molecule has 0 aliphatic carbocycles. The lowest BCUT2D eigenvalue weighted by Crippen LogP contribution is -2.21. The van der Waals surface area contributed by atoms with Gasteiger partial charge in [0.25, 0.3) is 5.91 Å². The third-order valence-electron chi connectivity index (χ3n) is 5.59. The van der Waals surface area contributed by atoms with Gasteiger partial charge in [-0.15, -0.1) is 0 Å². The molecule has 0 saturated carbocycles. The summed E-state index contributed by atoms with van der Waals surface area (Å²) in [5, 5.41) is 7.28. The Labute approximate surface area is 213 Å². The van der Waals surface area contributed by atoms with Crippen molar-refractivity contribution in [3.8, 4) is 21.8 Å². The highest BCUT2D eigenvalue weighted by molar-refractivity contribution is 7.21. The molecular weight excluding hydrogens is 468 g/mol. The van der Waals surface area contributed by atoms with Crippen LogP contribution >= 0.6 is 11.3 Å². The van der Waals surface area contributed by atoms with Crippen LogP contribution in [0.5, 0.6) is 0 Å². The van der Waals surface area contributed by atoms with Crippen LogP contribution in [0.25, 0.3) is 32.2 Å². The second-order valence-corrected chi connectivity index (χ2v) is 9.55. The van der Waals surface area contributed by atoms with Gasteiger partial charge in [0.05, 0.1) is 11.4 Å². The fraction of sp³-hybridized carbons (Fsp3) is 0.143. The van der Waals surface area contributed by atoms with Crippen molar-refractivity contribution in [1.82, 2.24) is 19.9 Å². The van der Waals surface area contributed by atoms with Crippen LogP contribution in [0.3, 0.4) is 0 Å². The number of likely N-dealkylation sites (N-methyl/N-ethyl adjacent to an activating group) is 1. The SMILES string of the molecule is CN(C)CCNc1cc(C(=O)Nc2ccccc2-c2nc3cccnc3s2)nc(-c2ccccc2)c1. The van der Waals surface area contributed by atoms with Gasteiger partial charge in [-0.05, 0) is 50.5 Å². The molecule has 5 rings (SSSR count). The molecular formula is C28H26N6OS. The van der Waals surface area contributed by atoms with Crippen LogP contribution in [0.4, 0.5) is 11.4 Å². The number of aromatic nitrogens is 3. The van der Waals surface area contributed by atoms with E-state index in [1.807, 2.05) is 86.9 Å². The quantitative estimate of drug-likeness (QED) is 0.290. The molecule has 0 unspecified atom stereocenters. The number of amides is 1. The third kappa shape index (κ3) is 5.40. The number of benzene rings is 2. The topological polar surface area (TPSA) is 83.0 Å². The summed E-state index contributed by atoms with van der Waals surface area (Å²) in [5.41, 5.74) is 5.23. The minimum atomic E-state index is -0.282. The third-order valence-corrected chi connectivity index (χ3v) is 6.60. The van der Waals surface area contributed by atoms with E-state index in [0.29, 0.717) is 11.4 Å². The summed E-state index contributed by atoms with van der Waals surface area (Å²) >= 11 is 1.50. The lowest BCUT2D eigenvalue weighted by molar-refractivity contribution is 0.102. The summed E-state index contributed by atoms with van der Waals surface area (Å²) in [4.78, 5) is 30.2. The molecule has 180 valence electrons. The molecule has 7 nitrogen and oxygen atoms in total. The molecule has 0 fully saturated rings. The van der Waals surface area contributed by atoms with Crippen LogP contribution in [0.2, 0.25) is 0 Å². The van der Waals surface area contributed by atoms with Gasteiger partial charge in [-0.25, -0.2) is 15.0 Å². The van der Waals surface area contributed by atoms with E-state index in [4.69, 9.17) is 9.97 Å². The van der Waals surface area contributed by atoms with Crippen LogP contribution in [-0.2, 0) is 0 Å². The lowest BCUT2D eigenvalue weighted by Gasteiger charge is -2.14. The van der Waals surface area contributed by atoms with Crippen molar-refractivity contribution in [2.75, 3.05) is 37.8 Å². The molecule has 0 spiro atoms. The van der Waals surface area contributed by atoms with Crippen molar-refractivity contribution >= 4 is 39.0 Å². The molecule has 3 heterocycles.